The molecule has 0 bridgehead atoms. The van der Waals surface area contributed by atoms with Crippen LogP contribution in [0.4, 0.5) is 13.2 Å². The third kappa shape index (κ3) is 10.8. The van der Waals surface area contributed by atoms with Gasteiger partial charge < -0.3 is 20.1 Å². The highest BCUT2D eigenvalue weighted by atomic mass is 127. The molecule has 11 heteroatoms. The van der Waals surface area contributed by atoms with Gasteiger partial charge in [0.25, 0.3) is 0 Å². The third-order valence-electron chi connectivity index (χ3n) is 2.75. The van der Waals surface area contributed by atoms with Gasteiger partial charge in [-0.15, -0.1) is 35.3 Å². The van der Waals surface area contributed by atoms with Crippen LogP contribution >= 0.6 is 35.3 Å². The van der Waals surface area contributed by atoms with Crippen LogP contribution in [-0.2, 0) is 22.2 Å². The van der Waals surface area contributed by atoms with Crippen LogP contribution < -0.4 is 10.6 Å². The largest absolute Gasteiger partial charge is 0.434 e. The van der Waals surface area contributed by atoms with Crippen LogP contribution in [0.25, 0.3) is 0 Å². The average Bonchev–Trinajstić information content (AvgIpc) is 3.01. The van der Waals surface area contributed by atoms with Crippen molar-refractivity contribution in [2.24, 2.45) is 4.99 Å². The first-order valence-corrected chi connectivity index (χ1v) is 8.45. The molecule has 0 unspecified atom stereocenters. The summed E-state index contributed by atoms with van der Waals surface area (Å²) in [5.74, 6) is 0.540. The summed E-state index contributed by atoms with van der Waals surface area (Å²) in [5.41, 5.74) is -0.871. The molecule has 0 spiro atoms. The fourth-order valence-electron chi connectivity index (χ4n) is 1.63. The van der Waals surface area contributed by atoms with Crippen LogP contribution in [0.15, 0.2) is 10.4 Å². The molecule has 0 aromatic carbocycles. The number of aromatic nitrogens is 1. The van der Waals surface area contributed by atoms with E-state index >= 15 is 0 Å². The maximum Gasteiger partial charge on any atom is 0.434 e. The molecule has 0 aliphatic rings. The number of ether oxygens (including phenoxy) is 2. The van der Waals surface area contributed by atoms with Gasteiger partial charge in [-0.05, 0) is 13.3 Å². The Morgan fingerprint density at radius 2 is 2.04 bits per heavy atom. The molecule has 146 valence electrons. The van der Waals surface area contributed by atoms with Gasteiger partial charge in [0.15, 0.2) is 11.7 Å². The van der Waals surface area contributed by atoms with Gasteiger partial charge in [-0.2, -0.15) is 13.2 Å². The Hall–Kier alpha value is -0.660. The monoisotopic (exact) mass is 496 g/mol. The Bertz CT molecular complexity index is 501. The Morgan fingerprint density at radius 3 is 2.64 bits per heavy atom. The number of nitrogens with zero attached hydrogens (tertiary/aromatic N) is 2. The molecule has 0 saturated carbocycles. The van der Waals surface area contributed by atoms with E-state index in [-0.39, 0.29) is 30.5 Å². The van der Waals surface area contributed by atoms with Gasteiger partial charge in [0.05, 0.1) is 19.8 Å². The van der Waals surface area contributed by atoms with Crippen LogP contribution in [0.5, 0.6) is 0 Å². The molecule has 0 fully saturated rings. The van der Waals surface area contributed by atoms with E-state index in [1.165, 1.54) is 0 Å². The molecule has 1 rings (SSSR count). The second kappa shape index (κ2) is 13.5. The first kappa shape index (κ1) is 24.3. The molecule has 0 saturated heterocycles. The smallest absolute Gasteiger partial charge is 0.382 e. The van der Waals surface area contributed by atoms with E-state index in [0.717, 1.165) is 23.1 Å². The minimum atomic E-state index is -4.41. The number of methoxy groups -OCH3 is 1. The summed E-state index contributed by atoms with van der Waals surface area (Å²) in [7, 11) is 1.62. The second-order valence-corrected chi connectivity index (χ2v) is 5.65. The van der Waals surface area contributed by atoms with Crippen LogP contribution in [0.3, 0.4) is 0 Å². The molecule has 1 aromatic rings. The summed E-state index contributed by atoms with van der Waals surface area (Å²) in [6.07, 6.45) is -3.63. The lowest BCUT2D eigenvalue weighted by molar-refractivity contribution is -0.140. The summed E-state index contributed by atoms with van der Waals surface area (Å²) < 4.78 is 47.7. The topological polar surface area (TPSA) is 67.8 Å². The van der Waals surface area contributed by atoms with Crippen molar-refractivity contribution in [1.29, 1.82) is 0 Å². The van der Waals surface area contributed by atoms with E-state index in [2.05, 4.69) is 20.6 Å². The van der Waals surface area contributed by atoms with Crippen molar-refractivity contribution in [3.8, 4) is 0 Å². The molecule has 1 aromatic heterocycles. The van der Waals surface area contributed by atoms with E-state index in [9.17, 15) is 13.2 Å². The van der Waals surface area contributed by atoms with Crippen molar-refractivity contribution in [3.63, 3.8) is 0 Å². The average molecular weight is 496 g/mol. The Morgan fingerprint density at radius 1 is 1.28 bits per heavy atom. The zero-order valence-electron chi connectivity index (χ0n) is 14.2. The van der Waals surface area contributed by atoms with Gasteiger partial charge in [-0.25, -0.2) is 9.98 Å². The molecule has 0 aliphatic heterocycles. The van der Waals surface area contributed by atoms with E-state index < -0.39 is 11.9 Å². The van der Waals surface area contributed by atoms with Crippen molar-refractivity contribution in [3.05, 3.63) is 16.1 Å². The first-order chi connectivity index (χ1) is 11.5. The summed E-state index contributed by atoms with van der Waals surface area (Å²) in [5, 5.41) is 7.46. The highest BCUT2D eigenvalue weighted by Crippen LogP contribution is 2.30. The minimum Gasteiger partial charge on any atom is -0.382 e. The molecular formula is C14H24F3IN4O2S. The maximum atomic E-state index is 12.5. The van der Waals surface area contributed by atoms with Gasteiger partial charge in [-0.3, -0.25) is 0 Å². The molecule has 0 radical (unpaired) electrons. The van der Waals surface area contributed by atoms with Gasteiger partial charge in [-0.1, -0.05) is 0 Å². The summed E-state index contributed by atoms with van der Waals surface area (Å²) in [6, 6.07) is 0. The molecule has 6 nitrogen and oxygen atoms in total. The number of rotatable bonds is 10. The van der Waals surface area contributed by atoms with E-state index in [4.69, 9.17) is 9.47 Å². The van der Waals surface area contributed by atoms with Crippen molar-refractivity contribution in [1.82, 2.24) is 15.6 Å². The highest BCUT2D eigenvalue weighted by molar-refractivity contribution is 14.0. The van der Waals surface area contributed by atoms with Crippen LogP contribution in [0, 0.1) is 0 Å². The summed E-state index contributed by atoms with van der Waals surface area (Å²) in [4.78, 5) is 7.79. The summed E-state index contributed by atoms with van der Waals surface area (Å²) >= 11 is 0.950. The second-order valence-electron chi connectivity index (χ2n) is 4.70. The lowest BCUT2D eigenvalue weighted by atomic mass is 10.4. The van der Waals surface area contributed by atoms with Gasteiger partial charge in [0, 0.05) is 32.2 Å². The molecule has 1 heterocycles. The predicted octanol–water partition coefficient (Wildman–Crippen LogP) is 2.89. The highest BCUT2D eigenvalue weighted by Gasteiger charge is 2.33. The number of hydrogen-bond donors (Lipinski definition) is 2. The lowest BCUT2D eigenvalue weighted by Gasteiger charge is -2.11. The Labute approximate surface area is 166 Å². The molecule has 25 heavy (non-hydrogen) atoms. The minimum absolute atomic E-state index is 0. The third-order valence-corrected chi connectivity index (χ3v) is 3.58. The van der Waals surface area contributed by atoms with Crippen LogP contribution in [-0.4, -0.2) is 51.0 Å². The number of nitrogens with one attached hydrogen (secondary N) is 2. The molecule has 0 amide bonds. The standard InChI is InChI=1S/C14H23F3N4O2S.HI/c1-3-18-13(19-5-4-6-23-8-7-22-2)20-9-12-21-11(10-24-12)14(15,16)17;/h10H,3-9H2,1-2H3,(H2,18,19,20);1H. The number of halogens is 4. The molecule has 0 aliphatic carbocycles. The fraction of sp³-hybridized carbons (Fsp3) is 0.714. The number of hydrogen-bond acceptors (Lipinski definition) is 5. The van der Waals surface area contributed by atoms with Gasteiger partial charge in [0.2, 0.25) is 0 Å². The number of aliphatic imine (C=N–C) groups is 1. The van der Waals surface area contributed by atoms with E-state index in [1.54, 1.807) is 7.11 Å². The van der Waals surface area contributed by atoms with Gasteiger partial charge in [0.1, 0.15) is 5.01 Å². The van der Waals surface area contributed by atoms with Crippen LogP contribution in [0.1, 0.15) is 24.0 Å². The van der Waals surface area contributed by atoms with E-state index in [1.807, 2.05) is 6.92 Å². The molecule has 0 atom stereocenters. The lowest BCUT2D eigenvalue weighted by Crippen LogP contribution is -2.38. The molecule has 2 N–H and O–H groups in total. The van der Waals surface area contributed by atoms with Crippen molar-refractivity contribution < 1.29 is 22.6 Å². The Kier molecular flexibility index (Phi) is 13.2. The van der Waals surface area contributed by atoms with Gasteiger partial charge >= 0.3 is 6.18 Å². The van der Waals surface area contributed by atoms with Crippen molar-refractivity contribution in [2.75, 3.05) is 40.0 Å². The SMILES string of the molecule is CCNC(=NCc1nc(C(F)(F)F)cs1)NCCCOCCOC.I. The summed E-state index contributed by atoms with van der Waals surface area (Å²) in [6.45, 7) is 5.02. The van der Waals surface area contributed by atoms with Crippen molar-refractivity contribution >= 4 is 41.3 Å². The fourth-order valence-corrected chi connectivity index (χ4v) is 2.35. The van der Waals surface area contributed by atoms with Crippen LogP contribution in [0.2, 0.25) is 0 Å². The quantitative estimate of drug-likeness (QED) is 0.226. The zero-order chi connectivity index (χ0) is 17.8. The molecular weight excluding hydrogens is 472 g/mol. The first-order valence-electron chi connectivity index (χ1n) is 7.57. The van der Waals surface area contributed by atoms with E-state index in [0.29, 0.717) is 43.9 Å². The maximum absolute atomic E-state index is 12.5. The predicted molar refractivity (Wildman–Crippen MR) is 103 cm³/mol. The number of thiazole rings is 1. The number of guanidine groups is 1. The van der Waals surface area contributed by atoms with Crippen molar-refractivity contribution in [2.45, 2.75) is 26.1 Å². The number of alkyl halides is 3. The Balaban J connectivity index is 0.00000576. The normalized spacial score (nSPS) is 12.0. The zero-order valence-corrected chi connectivity index (χ0v) is 17.3.